The lowest BCUT2D eigenvalue weighted by molar-refractivity contribution is -0.134. The van der Waals surface area contributed by atoms with Crippen molar-refractivity contribution < 1.29 is 13.2 Å². The first-order valence-corrected chi connectivity index (χ1v) is 9.39. The zero-order chi connectivity index (χ0) is 15.4. The lowest BCUT2D eigenvalue weighted by Gasteiger charge is -2.37. The molecule has 1 fully saturated rings. The third kappa shape index (κ3) is 6.53. The molecule has 1 atom stereocenters. The molecule has 0 spiro atoms. The second-order valence-electron chi connectivity index (χ2n) is 6.39. The first-order chi connectivity index (χ1) is 9.19. The second kappa shape index (κ2) is 8.34. The van der Waals surface area contributed by atoms with Crippen LogP contribution in [0.15, 0.2) is 0 Å². The lowest BCUT2D eigenvalue weighted by atomic mass is 9.71. The van der Waals surface area contributed by atoms with Gasteiger partial charge in [0.05, 0.1) is 5.75 Å². The van der Waals surface area contributed by atoms with E-state index >= 15 is 0 Å². The van der Waals surface area contributed by atoms with Crippen LogP contribution in [0.4, 0.5) is 0 Å². The number of sulfone groups is 1. The van der Waals surface area contributed by atoms with Crippen LogP contribution in [0.1, 0.15) is 45.4 Å². The van der Waals surface area contributed by atoms with E-state index in [-0.39, 0.29) is 35.5 Å². The van der Waals surface area contributed by atoms with E-state index in [1.807, 2.05) is 0 Å². The summed E-state index contributed by atoms with van der Waals surface area (Å²) in [6.07, 6.45) is 7.13. The average molecular weight is 341 g/mol. The van der Waals surface area contributed by atoms with Crippen molar-refractivity contribution in [3.63, 3.8) is 0 Å². The van der Waals surface area contributed by atoms with E-state index in [4.69, 9.17) is 5.73 Å². The Morgan fingerprint density at radius 3 is 2.24 bits per heavy atom. The summed E-state index contributed by atoms with van der Waals surface area (Å²) in [6.45, 7) is 2.31. The minimum Gasteiger partial charge on any atom is -0.342 e. The number of carbonyl (C=O) groups excluding carboxylic acids is 1. The Morgan fingerprint density at radius 1 is 1.29 bits per heavy atom. The van der Waals surface area contributed by atoms with Gasteiger partial charge in [-0.2, -0.15) is 0 Å². The van der Waals surface area contributed by atoms with E-state index in [0.717, 1.165) is 25.7 Å². The summed E-state index contributed by atoms with van der Waals surface area (Å²) < 4.78 is 22.6. The molecule has 1 rings (SSSR count). The number of hydrogen-bond acceptors (Lipinski definition) is 4. The highest BCUT2D eigenvalue weighted by molar-refractivity contribution is 7.90. The highest BCUT2D eigenvalue weighted by Gasteiger charge is 2.34. The van der Waals surface area contributed by atoms with Gasteiger partial charge in [-0.25, -0.2) is 8.42 Å². The molecule has 0 aromatic carbocycles. The topological polar surface area (TPSA) is 80.5 Å². The number of halogens is 1. The van der Waals surface area contributed by atoms with Crippen molar-refractivity contribution in [2.75, 3.05) is 25.6 Å². The lowest BCUT2D eigenvalue weighted by Crippen LogP contribution is -2.44. The predicted molar refractivity (Wildman–Crippen MR) is 88.4 cm³/mol. The summed E-state index contributed by atoms with van der Waals surface area (Å²) in [5, 5.41) is 0. The smallest absolute Gasteiger partial charge is 0.223 e. The molecule has 1 aliphatic carbocycles. The van der Waals surface area contributed by atoms with Crippen molar-refractivity contribution in [2.24, 2.45) is 11.1 Å². The van der Waals surface area contributed by atoms with Crippen LogP contribution < -0.4 is 5.73 Å². The molecule has 21 heavy (non-hydrogen) atoms. The third-order valence-corrected chi connectivity index (χ3v) is 5.56. The highest BCUT2D eigenvalue weighted by atomic mass is 35.5. The summed E-state index contributed by atoms with van der Waals surface area (Å²) in [4.78, 5) is 13.9. The molecule has 0 aliphatic heterocycles. The van der Waals surface area contributed by atoms with Gasteiger partial charge in [-0.3, -0.25) is 4.79 Å². The molecular weight excluding hydrogens is 312 g/mol. The van der Waals surface area contributed by atoms with Gasteiger partial charge in [-0.1, -0.05) is 19.3 Å². The Morgan fingerprint density at radius 2 is 1.81 bits per heavy atom. The standard InChI is InChI=1S/C14H28N2O3S.ClH/c1-12(10-20(3,18)19)16(2)13(17)9-14(11-15)7-5-4-6-8-14;/h12H,4-11,15H2,1-3H3;1H. The predicted octanol–water partition coefficient (Wildman–Crippen LogP) is 1.60. The average Bonchev–Trinajstić information content (AvgIpc) is 2.36. The van der Waals surface area contributed by atoms with Gasteiger partial charge in [0.25, 0.3) is 0 Å². The fourth-order valence-electron chi connectivity index (χ4n) is 3.00. The molecular formula is C14H29ClN2O3S. The molecule has 1 saturated carbocycles. The quantitative estimate of drug-likeness (QED) is 0.796. The minimum absolute atomic E-state index is 0. The highest BCUT2D eigenvalue weighted by Crippen LogP contribution is 2.38. The fourth-order valence-corrected chi connectivity index (χ4v) is 4.10. The van der Waals surface area contributed by atoms with Gasteiger partial charge in [0.15, 0.2) is 0 Å². The Labute approximate surface area is 135 Å². The zero-order valence-electron chi connectivity index (χ0n) is 13.3. The molecule has 126 valence electrons. The van der Waals surface area contributed by atoms with Crippen molar-refractivity contribution in [1.29, 1.82) is 0 Å². The van der Waals surface area contributed by atoms with Crippen LogP contribution in [0.3, 0.4) is 0 Å². The summed E-state index contributed by atoms with van der Waals surface area (Å²) in [6, 6.07) is -0.295. The van der Waals surface area contributed by atoms with Crippen molar-refractivity contribution in [3.8, 4) is 0 Å². The van der Waals surface area contributed by atoms with Gasteiger partial charge in [0.1, 0.15) is 9.84 Å². The SMILES string of the molecule is CC(CS(C)(=O)=O)N(C)C(=O)CC1(CN)CCCCC1.Cl. The van der Waals surface area contributed by atoms with Gasteiger partial charge < -0.3 is 10.6 Å². The maximum Gasteiger partial charge on any atom is 0.223 e. The summed E-state index contributed by atoms with van der Waals surface area (Å²) >= 11 is 0. The second-order valence-corrected chi connectivity index (χ2v) is 8.57. The van der Waals surface area contributed by atoms with E-state index in [1.165, 1.54) is 12.7 Å². The van der Waals surface area contributed by atoms with Crippen molar-refractivity contribution in [2.45, 2.75) is 51.5 Å². The van der Waals surface area contributed by atoms with Gasteiger partial charge in [-0.15, -0.1) is 12.4 Å². The largest absolute Gasteiger partial charge is 0.342 e. The van der Waals surface area contributed by atoms with Crippen LogP contribution in [0, 0.1) is 5.41 Å². The molecule has 1 aliphatic rings. The molecule has 1 amide bonds. The molecule has 0 aromatic rings. The summed E-state index contributed by atoms with van der Waals surface area (Å²) in [5.41, 5.74) is 5.82. The number of rotatable bonds is 6. The van der Waals surface area contributed by atoms with Crippen molar-refractivity contribution in [3.05, 3.63) is 0 Å². The van der Waals surface area contributed by atoms with Crippen LogP contribution in [-0.2, 0) is 14.6 Å². The fraction of sp³-hybridized carbons (Fsp3) is 0.929. The van der Waals surface area contributed by atoms with Gasteiger partial charge >= 0.3 is 0 Å². The minimum atomic E-state index is -3.07. The molecule has 0 heterocycles. The molecule has 5 nitrogen and oxygen atoms in total. The van der Waals surface area contributed by atoms with Gasteiger partial charge in [0.2, 0.25) is 5.91 Å². The van der Waals surface area contributed by atoms with Crippen LogP contribution in [0.2, 0.25) is 0 Å². The van der Waals surface area contributed by atoms with Crippen LogP contribution in [0.5, 0.6) is 0 Å². The number of nitrogens with zero attached hydrogens (tertiary/aromatic N) is 1. The van der Waals surface area contributed by atoms with Crippen LogP contribution in [-0.4, -0.2) is 50.9 Å². The Hall–Kier alpha value is -0.330. The molecule has 0 radical (unpaired) electrons. The van der Waals surface area contributed by atoms with Gasteiger partial charge in [-0.05, 0) is 31.7 Å². The Kier molecular flexibility index (Phi) is 8.21. The van der Waals surface area contributed by atoms with E-state index < -0.39 is 9.84 Å². The summed E-state index contributed by atoms with van der Waals surface area (Å²) in [7, 11) is -1.39. The molecule has 0 aromatic heterocycles. The first kappa shape index (κ1) is 20.7. The molecule has 7 heteroatoms. The number of carbonyl (C=O) groups is 1. The Bertz CT molecular complexity index is 434. The van der Waals surface area contributed by atoms with E-state index in [9.17, 15) is 13.2 Å². The van der Waals surface area contributed by atoms with E-state index in [0.29, 0.717) is 13.0 Å². The Balaban J connectivity index is 0.00000400. The van der Waals surface area contributed by atoms with Crippen LogP contribution in [0.25, 0.3) is 0 Å². The maximum absolute atomic E-state index is 12.4. The van der Waals surface area contributed by atoms with Gasteiger partial charge in [0, 0.05) is 25.8 Å². The maximum atomic E-state index is 12.4. The first-order valence-electron chi connectivity index (χ1n) is 7.33. The van der Waals surface area contributed by atoms with E-state index in [1.54, 1.807) is 18.9 Å². The number of hydrogen-bond donors (Lipinski definition) is 1. The van der Waals surface area contributed by atoms with E-state index in [2.05, 4.69) is 0 Å². The normalized spacial score (nSPS) is 19.4. The number of nitrogens with two attached hydrogens (primary N) is 1. The monoisotopic (exact) mass is 340 g/mol. The zero-order valence-corrected chi connectivity index (χ0v) is 14.9. The molecule has 1 unspecified atom stereocenters. The van der Waals surface area contributed by atoms with Crippen molar-refractivity contribution >= 4 is 28.2 Å². The van der Waals surface area contributed by atoms with Crippen LogP contribution >= 0.6 is 12.4 Å². The number of amides is 1. The third-order valence-electron chi connectivity index (χ3n) is 4.47. The molecule has 0 bridgehead atoms. The van der Waals surface area contributed by atoms with Crippen molar-refractivity contribution in [1.82, 2.24) is 4.90 Å². The molecule has 0 saturated heterocycles. The summed E-state index contributed by atoms with van der Waals surface area (Å²) in [5.74, 6) is 0.0127. The molecule has 2 N–H and O–H groups in total.